The fourth-order valence-electron chi connectivity index (χ4n) is 3.30. The molecule has 2 aromatic carbocycles. The van der Waals surface area contributed by atoms with Crippen LogP contribution < -0.4 is 4.90 Å². The molecule has 0 aliphatic rings. The highest BCUT2D eigenvalue weighted by Crippen LogP contribution is 2.25. The van der Waals surface area contributed by atoms with Crippen molar-refractivity contribution in [2.45, 2.75) is 19.8 Å². The number of hydrogen-bond donors (Lipinski definition) is 0. The maximum Gasteiger partial charge on any atom is 0.136 e. The van der Waals surface area contributed by atoms with E-state index in [1.165, 1.54) is 0 Å². The minimum Gasteiger partial charge on any atom is -0.369 e. The second kappa shape index (κ2) is 9.04. The number of pyridine rings is 1. The van der Waals surface area contributed by atoms with Gasteiger partial charge in [-0.25, -0.2) is 9.97 Å². The molecule has 2 heterocycles. The Bertz CT molecular complexity index is 1170. The number of fused-ring (bicyclic) bond motifs is 1. The average Bonchev–Trinajstić information content (AvgIpc) is 3.08. The summed E-state index contributed by atoms with van der Waals surface area (Å²) < 4.78 is 8.14. The number of ether oxygens (including phenoxy) is 1. The lowest BCUT2D eigenvalue weighted by Gasteiger charge is -2.13. The third kappa shape index (κ3) is 4.59. The summed E-state index contributed by atoms with van der Waals surface area (Å²) in [6, 6.07) is 17.5. The van der Waals surface area contributed by atoms with Crippen molar-refractivity contribution >= 4 is 40.1 Å². The predicted octanol–water partition coefficient (Wildman–Crippen LogP) is 5.57. The summed E-state index contributed by atoms with van der Waals surface area (Å²) >= 11 is 12.6. The summed E-state index contributed by atoms with van der Waals surface area (Å²) in [5.74, 6) is 1.74. The molecule has 0 fully saturated rings. The van der Waals surface area contributed by atoms with E-state index in [1.54, 1.807) is 12.3 Å². The molecule has 0 saturated heterocycles. The Morgan fingerprint density at radius 3 is 2.67 bits per heavy atom. The van der Waals surface area contributed by atoms with E-state index in [0.717, 1.165) is 33.8 Å². The van der Waals surface area contributed by atoms with Gasteiger partial charge in [-0.3, -0.25) is 0 Å². The number of rotatable bonds is 7. The van der Waals surface area contributed by atoms with Gasteiger partial charge in [-0.2, -0.15) is 0 Å². The van der Waals surface area contributed by atoms with Gasteiger partial charge in [-0.1, -0.05) is 35.3 Å². The number of hydrogen-bond acceptors (Lipinski definition) is 4. The number of anilines is 1. The van der Waals surface area contributed by atoms with Crippen molar-refractivity contribution in [2.75, 3.05) is 19.0 Å². The van der Waals surface area contributed by atoms with Gasteiger partial charge in [0.05, 0.1) is 24.2 Å². The van der Waals surface area contributed by atoms with Crippen LogP contribution in [0.5, 0.6) is 0 Å². The summed E-state index contributed by atoms with van der Waals surface area (Å²) in [4.78, 5) is 11.1. The van der Waals surface area contributed by atoms with Crippen LogP contribution in [0.3, 0.4) is 0 Å². The van der Waals surface area contributed by atoms with Crippen LogP contribution in [0.1, 0.15) is 17.0 Å². The van der Waals surface area contributed by atoms with Crippen LogP contribution in [0.15, 0.2) is 60.8 Å². The third-order valence-corrected chi connectivity index (χ3v) is 5.44. The van der Waals surface area contributed by atoms with E-state index in [1.807, 2.05) is 61.5 Å². The fourth-order valence-corrected chi connectivity index (χ4v) is 3.67. The second-order valence-electron chi connectivity index (χ2n) is 7.25. The Labute approximate surface area is 185 Å². The molecule has 0 aliphatic heterocycles. The summed E-state index contributed by atoms with van der Waals surface area (Å²) in [7, 11) is 3.94. The molecule has 154 valence electrons. The highest BCUT2D eigenvalue weighted by Gasteiger charge is 2.13. The lowest BCUT2D eigenvalue weighted by molar-refractivity contribution is 0.0998. The van der Waals surface area contributed by atoms with Crippen molar-refractivity contribution in [3.8, 4) is 0 Å². The van der Waals surface area contributed by atoms with Gasteiger partial charge >= 0.3 is 0 Å². The SMILES string of the molecule is CN(C)c1cc(COCc2nc3ccccc3n2Cc2cc(Cl)ccc2Cl)ccn1. The lowest BCUT2D eigenvalue weighted by atomic mass is 10.2. The zero-order valence-electron chi connectivity index (χ0n) is 16.8. The molecule has 0 spiro atoms. The molecule has 0 amide bonds. The molecular formula is C23H22Cl2N4O. The molecule has 0 unspecified atom stereocenters. The van der Waals surface area contributed by atoms with Gasteiger partial charge in [0.2, 0.25) is 0 Å². The van der Waals surface area contributed by atoms with Crippen molar-refractivity contribution < 1.29 is 4.74 Å². The Kier molecular flexibility index (Phi) is 6.23. The van der Waals surface area contributed by atoms with Crippen LogP contribution in [0.2, 0.25) is 10.0 Å². The molecule has 4 rings (SSSR count). The van der Waals surface area contributed by atoms with E-state index in [9.17, 15) is 0 Å². The second-order valence-corrected chi connectivity index (χ2v) is 8.09. The zero-order chi connectivity index (χ0) is 21.1. The van der Waals surface area contributed by atoms with Crippen LogP contribution in [0, 0.1) is 0 Å². The van der Waals surface area contributed by atoms with E-state index in [4.69, 9.17) is 32.9 Å². The first kappa shape index (κ1) is 20.7. The summed E-state index contributed by atoms with van der Waals surface area (Å²) in [5, 5.41) is 1.34. The quantitative estimate of drug-likeness (QED) is 0.376. The Morgan fingerprint density at radius 2 is 1.83 bits per heavy atom. The zero-order valence-corrected chi connectivity index (χ0v) is 18.4. The van der Waals surface area contributed by atoms with Crippen molar-refractivity contribution in [3.63, 3.8) is 0 Å². The number of aromatic nitrogens is 3. The van der Waals surface area contributed by atoms with Crippen LogP contribution in [0.25, 0.3) is 11.0 Å². The first-order chi connectivity index (χ1) is 14.5. The van der Waals surface area contributed by atoms with Gasteiger partial charge in [0, 0.05) is 30.3 Å². The van der Waals surface area contributed by atoms with Crippen LogP contribution in [-0.2, 0) is 24.5 Å². The number of benzene rings is 2. The summed E-state index contributed by atoms with van der Waals surface area (Å²) in [5.41, 5.74) is 3.96. The van der Waals surface area contributed by atoms with E-state index in [-0.39, 0.29) is 0 Å². The van der Waals surface area contributed by atoms with Crippen LogP contribution in [0.4, 0.5) is 5.82 Å². The maximum atomic E-state index is 6.41. The first-order valence-corrected chi connectivity index (χ1v) is 10.3. The molecule has 5 nitrogen and oxygen atoms in total. The smallest absolute Gasteiger partial charge is 0.136 e. The average molecular weight is 441 g/mol. The normalized spacial score (nSPS) is 11.2. The highest BCUT2D eigenvalue weighted by atomic mass is 35.5. The molecule has 0 aliphatic carbocycles. The van der Waals surface area contributed by atoms with Gasteiger partial charge in [0.25, 0.3) is 0 Å². The molecule has 2 aromatic heterocycles. The third-order valence-electron chi connectivity index (χ3n) is 4.84. The minimum atomic E-state index is 0.381. The maximum absolute atomic E-state index is 6.41. The largest absolute Gasteiger partial charge is 0.369 e. The molecule has 7 heteroatoms. The Balaban J connectivity index is 1.57. The molecular weight excluding hydrogens is 419 g/mol. The molecule has 30 heavy (non-hydrogen) atoms. The van der Waals surface area contributed by atoms with Crippen LogP contribution >= 0.6 is 23.2 Å². The van der Waals surface area contributed by atoms with Crippen molar-refractivity contribution in [2.24, 2.45) is 0 Å². The van der Waals surface area contributed by atoms with Gasteiger partial charge < -0.3 is 14.2 Å². The van der Waals surface area contributed by atoms with Crippen molar-refractivity contribution in [1.29, 1.82) is 0 Å². The molecule has 0 saturated carbocycles. The molecule has 0 atom stereocenters. The number of para-hydroxylation sites is 2. The van der Waals surface area contributed by atoms with Gasteiger partial charge in [0.15, 0.2) is 0 Å². The van der Waals surface area contributed by atoms with Gasteiger partial charge in [0.1, 0.15) is 18.2 Å². The monoisotopic (exact) mass is 440 g/mol. The fraction of sp³-hybridized carbons (Fsp3) is 0.217. The van der Waals surface area contributed by atoms with E-state index < -0.39 is 0 Å². The highest BCUT2D eigenvalue weighted by molar-refractivity contribution is 6.33. The standard InChI is InChI=1S/C23H22Cl2N4O/c1-28(2)22-11-16(9-10-26-22)14-30-15-23-27-20-5-3-4-6-21(20)29(23)13-17-12-18(24)7-8-19(17)25/h3-12H,13-15H2,1-2H3. The summed E-state index contributed by atoms with van der Waals surface area (Å²) in [6.45, 7) is 1.43. The van der Waals surface area contributed by atoms with E-state index >= 15 is 0 Å². The Hall–Kier alpha value is -2.60. The van der Waals surface area contributed by atoms with Crippen LogP contribution in [-0.4, -0.2) is 28.6 Å². The van der Waals surface area contributed by atoms with Gasteiger partial charge in [-0.05, 0) is 53.6 Å². The van der Waals surface area contributed by atoms with Gasteiger partial charge in [-0.15, -0.1) is 0 Å². The van der Waals surface area contributed by atoms with E-state index in [2.05, 4.69) is 15.6 Å². The summed E-state index contributed by atoms with van der Waals surface area (Å²) in [6.07, 6.45) is 1.80. The number of imidazole rings is 1. The number of nitrogens with zero attached hydrogens (tertiary/aromatic N) is 4. The first-order valence-electron chi connectivity index (χ1n) is 9.59. The Morgan fingerprint density at radius 1 is 1.00 bits per heavy atom. The van der Waals surface area contributed by atoms with Crippen molar-refractivity contribution in [1.82, 2.24) is 14.5 Å². The molecule has 0 bridgehead atoms. The molecule has 0 N–H and O–H groups in total. The topological polar surface area (TPSA) is 43.2 Å². The lowest BCUT2D eigenvalue weighted by Crippen LogP contribution is -2.11. The van der Waals surface area contributed by atoms with Crippen molar-refractivity contribution in [3.05, 3.63) is 87.8 Å². The van der Waals surface area contributed by atoms with E-state index in [0.29, 0.717) is 29.8 Å². The predicted molar refractivity (Wildman–Crippen MR) is 122 cm³/mol. The minimum absolute atomic E-state index is 0.381. The number of halogens is 2. The molecule has 0 radical (unpaired) electrons. The molecule has 4 aromatic rings.